The van der Waals surface area contributed by atoms with E-state index in [9.17, 15) is 9.59 Å². The van der Waals surface area contributed by atoms with Gasteiger partial charge >= 0.3 is 5.97 Å². The number of hydrogen-bond acceptors (Lipinski definition) is 3. The van der Waals surface area contributed by atoms with Gasteiger partial charge in [-0.05, 0) is 32.0 Å². The van der Waals surface area contributed by atoms with Crippen molar-refractivity contribution in [3.63, 3.8) is 0 Å². The first kappa shape index (κ1) is 13.1. The van der Waals surface area contributed by atoms with Gasteiger partial charge in [-0.3, -0.25) is 9.59 Å². The predicted molar refractivity (Wildman–Crippen MR) is 71.6 cm³/mol. The number of hydrogen-bond donors (Lipinski definition) is 1. The molecule has 0 bridgehead atoms. The summed E-state index contributed by atoms with van der Waals surface area (Å²) >= 11 is 0. The van der Waals surface area contributed by atoms with Crippen LogP contribution in [-0.4, -0.2) is 21.7 Å². The van der Waals surface area contributed by atoms with Gasteiger partial charge in [0.1, 0.15) is 12.3 Å². The third kappa shape index (κ3) is 2.93. The molecule has 0 unspecified atom stereocenters. The lowest BCUT2D eigenvalue weighted by Gasteiger charge is -2.12. The number of ether oxygens (including phenoxy) is 1. The summed E-state index contributed by atoms with van der Waals surface area (Å²) in [4.78, 5) is 22.6. The van der Waals surface area contributed by atoms with E-state index in [1.165, 1.54) is 16.8 Å². The van der Waals surface area contributed by atoms with Crippen LogP contribution >= 0.6 is 0 Å². The minimum atomic E-state index is -0.951. The summed E-state index contributed by atoms with van der Waals surface area (Å²) in [7, 11) is 0. The minimum Gasteiger partial charge on any atom is -0.491 e. The molecule has 1 aromatic carbocycles. The summed E-state index contributed by atoms with van der Waals surface area (Å²) in [6.07, 6.45) is 1.50. The standard InChI is InChI=1S/C14H15NO4/c1-9(2)19-10-3-4-12-11(7-10)13(16)5-6-15(12)8-14(17)18/h3-7,9H,8H2,1-2H3,(H,17,18). The van der Waals surface area contributed by atoms with E-state index in [0.29, 0.717) is 16.7 Å². The average Bonchev–Trinajstić information content (AvgIpc) is 2.32. The Hall–Kier alpha value is -2.30. The maximum atomic E-state index is 11.8. The molecule has 0 aliphatic heterocycles. The normalized spacial score (nSPS) is 10.9. The molecule has 0 aliphatic carbocycles. The van der Waals surface area contributed by atoms with Crippen LogP contribution in [0.4, 0.5) is 0 Å². The fraction of sp³-hybridized carbons (Fsp3) is 0.286. The van der Waals surface area contributed by atoms with Crippen LogP contribution in [0, 0.1) is 0 Å². The molecule has 2 rings (SSSR count). The molecule has 0 atom stereocenters. The van der Waals surface area contributed by atoms with Crippen molar-refractivity contribution in [1.82, 2.24) is 4.57 Å². The van der Waals surface area contributed by atoms with Crippen LogP contribution < -0.4 is 10.2 Å². The molecule has 100 valence electrons. The van der Waals surface area contributed by atoms with Gasteiger partial charge in [0, 0.05) is 17.6 Å². The lowest BCUT2D eigenvalue weighted by molar-refractivity contribution is -0.137. The van der Waals surface area contributed by atoms with Gasteiger partial charge in [0.2, 0.25) is 0 Å². The van der Waals surface area contributed by atoms with E-state index in [4.69, 9.17) is 9.84 Å². The maximum Gasteiger partial charge on any atom is 0.323 e. The lowest BCUT2D eigenvalue weighted by atomic mass is 10.2. The van der Waals surface area contributed by atoms with Gasteiger partial charge in [0.05, 0.1) is 11.6 Å². The number of carboxylic acids is 1. The van der Waals surface area contributed by atoms with Gasteiger partial charge in [-0.15, -0.1) is 0 Å². The van der Waals surface area contributed by atoms with Crippen LogP contribution in [0.1, 0.15) is 13.8 Å². The molecule has 5 nitrogen and oxygen atoms in total. The molecule has 1 heterocycles. The van der Waals surface area contributed by atoms with Gasteiger partial charge in [0.25, 0.3) is 0 Å². The smallest absolute Gasteiger partial charge is 0.323 e. The maximum absolute atomic E-state index is 11.8. The van der Waals surface area contributed by atoms with E-state index < -0.39 is 5.97 Å². The summed E-state index contributed by atoms with van der Waals surface area (Å²) < 4.78 is 7.06. The lowest BCUT2D eigenvalue weighted by Crippen LogP contribution is -2.13. The summed E-state index contributed by atoms with van der Waals surface area (Å²) in [5.41, 5.74) is 0.442. The van der Waals surface area contributed by atoms with Crippen molar-refractivity contribution < 1.29 is 14.6 Å². The molecular formula is C14H15NO4. The van der Waals surface area contributed by atoms with Crippen molar-refractivity contribution >= 4 is 16.9 Å². The van der Waals surface area contributed by atoms with Gasteiger partial charge in [-0.2, -0.15) is 0 Å². The van der Waals surface area contributed by atoms with Gasteiger partial charge in [-0.1, -0.05) is 0 Å². The summed E-state index contributed by atoms with van der Waals surface area (Å²) in [6, 6.07) is 6.46. The number of fused-ring (bicyclic) bond motifs is 1. The number of nitrogens with zero attached hydrogens (tertiary/aromatic N) is 1. The van der Waals surface area contributed by atoms with E-state index >= 15 is 0 Å². The fourth-order valence-corrected chi connectivity index (χ4v) is 1.92. The first-order valence-corrected chi connectivity index (χ1v) is 5.99. The van der Waals surface area contributed by atoms with E-state index in [0.717, 1.165) is 0 Å². The summed E-state index contributed by atoms with van der Waals surface area (Å²) in [6.45, 7) is 3.62. The Morgan fingerprint density at radius 1 is 1.37 bits per heavy atom. The number of pyridine rings is 1. The van der Waals surface area contributed by atoms with E-state index in [-0.39, 0.29) is 18.1 Å². The highest BCUT2D eigenvalue weighted by molar-refractivity contribution is 5.81. The summed E-state index contributed by atoms with van der Waals surface area (Å²) in [5, 5.41) is 9.31. The number of aromatic nitrogens is 1. The minimum absolute atomic E-state index is 0.0161. The molecule has 19 heavy (non-hydrogen) atoms. The monoisotopic (exact) mass is 261 g/mol. The molecule has 5 heteroatoms. The number of aliphatic carboxylic acids is 1. The van der Waals surface area contributed by atoms with Crippen LogP contribution in [0.3, 0.4) is 0 Å². The quantitative estimate of drug-likeness (QED) is 0.912. The van der Waals surface area contributed by atoms with Crippen molar-refractivity contribution in [2.45, 2.75) is 26.5 Å². The van der Waals surface area contributed by atoms with Crippen LogP contribution in [0.2, 0.25) is 0 Å². The molecule has 1 aromatic heterocycles. The molecule has 0 saturated heterocycles. The predicted octanol–water partition coefficient (Wildman–Crippen LogP) is 1.87. The first-order valence-electron chi connectivity index (χ1n) is 5.99. The second-order valence-electron chi connectivity index (χ2n) is 4.55. The van der Waals surface area contributed by atoms with Gasteiger partial charge < -0.3 is 14.4 Å². The fourth-order valence-electron chi connectivity index (χ4n) is 1.92. The Labute approximate surface area is 110 Å². The first-order chi connectivity index (χ1) is 8.97. The van der Waals surface area contributed by atoms with Crippen molar-refractivity contribution in [3.8, 4) is 5.75 Å². The van der Waals surface area contributed by atoms with Crippen molar-refractivity contribution in [1.29, 1.82) is 0 Å². The zero-order valence-electron chi connectivity index (χ0n) is 10.8. The Morgan fingerprint density at radius 2 is 2.11 bits per heavy atom. The van der Waals surface area contributed by atoms with E-state index in [1.807, 2.05) is 13.8 Å². The molecule has 0 saturated carbocycles. The van der Waals surface area contributed by atoms with Crippen LogP contribution in [0.15, 0.2) is 35.3 Å². The van der Waals surface area contributed by atoms with E-state index in [1.54, 1.807) is 18.2 Å². The molecule has 1 N–H and O–H groups in total. The number of carboxylic acid groups (broad SMARTS) is 1. The van der Waals surface area contributed by atoms with Crippen LogP contribution in [0.5, 0.6) is 5.75 Å². The molecular weight excluding hydrogens is 246 g/mol. The molecule has 0 aliphatic rings. The average molecular weight is 261 g/mol. The zero-order valence-corrected chi connectivity index (χ0v) is 10.8. The second-order valence-corrected chi connectivity index (χ2v) is 4.55. The van der Waals surface area contributed by atoms with Crippen molar-refractivity contribution in [2.75, 3.05) is 0 Å². The molecule has 0 radical (unpaired) electrons. The Kier molecular flexibility index (Phi) is 3.55. The molecule has 0 amide bonds. The van der Waals surface area contributed by atoms with Crippen molar-refractivity contribution in [2.24, 2.45) is 0 Å². The van der Waals surface area contributed by atoms with E-state index in [2.05, 4.69) is 0 Å². The highest BCUT2D eigenvalue weighted by Gasteiger charge is 2.07. The third-order valence-corrected chi connectivity index (χ3v) is 2.63. The third-order valence-electron chi connectivity index (χ3n) is 2.63. The highest BCUT2D eigenvalue weighted by atomic mass is 16.5. The van der Waals surface area contributed by atoms with Crippen molar-refractivity contribution in [3.05, 3.63) is 40.7 Å². The number of carbonyl (C=O) groups is 1. The Morgan fingerprint density at radius 3 is 2.74 bits per heavy atom. The topological polar surface area (TPSA) is 68.5 Å². The largest absolute Gasteiger partial charge is 0.491 e. The van der Waals surface area contributed by atoms with Gasteiger partial charge in [0.15, 0.2) is 5.43 Å². The van der Waals surface area contributed by atoms with Gasteiger partial charge in [-0.25, -0.2) is 0 Å². The number of benzene rings is 1. The highest BCUT2D eigenvalue weighted by Crippen LogP contribution is 2.19. The van der Waals surface area contributed by atoms with Crippen LogP contribution in [-0.2, 0) is 11.3 Å². The SMILES string of the molecule is CC(C)Oc1ccc2c(c1)c(=O)ccn2CC(=O)O. The Balaban J connectivity index is 2.56. The molecule has 2 aromatic rings. The molecule has 0 spiro atoms. The number of rotatable bonds is 4. The summed E-state index contributed by atoms with van der Waals surface area (Å²) in [5.74, 6) is -0.347. The Bertz CT molecular complexity index is 673. The molecule has 0 fully saturated rings. The van der Waals surface area contributed by atoms with Crippen LogP contribution in [0.25, 0.3) is 10.9 Å². The zero-order chi connectivity index (χ0) is 14.0. The second kappa shape index (κ2) is 5.14.